The summed E-state index contributed by atoms with van der Waals surface area (Å²) in [6.45, 7) is 15.8. The van der Waals surface area contributed by atoms with Crippen LogP contribution >= 0.6 is 0 Å². The highest BCUT2D eigenvalue weighted by molar-refractivity contribution is 6.74. The molecular weight excluding hydrogens is 350 g/mol. The van der Waals surface area contributed by atoms with Crippen molar-refractivity contribution in [3.05, 3.63) is 22.1 Å². The van der Waals surface area contributed by atoms with Crippen molar-refractivity contribution in [2.75, 3.05) is 12.4 Å². The molecule has 3 atom stereocenters. The molecule has 0 aromatic carbocycles. The number of fused-ring (bicyclic) bond motifs is 4. The summed E-state index contributed by atoms with van der Waals surface area (Å²) in [5.74, 6) is 6.45. The fourth-order valence-corrected chi connectivity index (χ4v) is 5.84. The third-order valence-electron chi connectivity index (χ3n) is 6.67. The van der Waals surface area contributed by atoms with Crippen LogP contribution in [0.2, 0.25) is 18.1 Å². The van der Waals surface area contributed by atoms with E-state index < -0.39 is 8.32 Å². The Morgan fingerprint density at radius 3 is 2.73 bits per heavy atom. The van der Waals surface area contributed by atoms with E-state index in [9.17, 15) is 4.79 Å². The summed E-state index contributed by atoms with van der Waals surface area (Å²) in [6.07, 6.45) is 2.01. The minimum atomic E-state index is -1.94. The zero-order valence-corrected chi connectivity index (χ0v) is 17.9. The Labute approximate surface area is 156 Å². The lowest BCUT2D eigenvalue weighted by Gasteiger charge is -2.43. The standard InChI is InChI=1S/C18H32N3O4Si/c1-11(2)18(4,5)26(6,7)23-10-14-13-8-15(24-14)20-9-12(3)16(22)21(19)17(20)25-13/h9,11,13-15H,8,10,19H2,1-7H3/q+1/t13-,14-,15-/m1/s1. The van der Waals surface area contributed by atoms with Gasteiger partial charge in [0.15, 0.2) is 8.32 Å². The van der Waals surface area contributed by atoms with E-state index in [1.807, 2.05) is 4.57 Å². The quantitative estimate of drug-likeness (QED) is 0.478. The van der Waals surface area contributed by atoms with Crippen molar-refractivity contribution in [2.24, 2.45) is 5.92 Å². The molecule has 2 bridgehead atoms. The topological polar surface area (TPSA) is 79.6 Å². The fraction of sp³-hybridized carbons (Fsp3) is 0.778. The van der Waals surface area contributed by atoms with E-state index in [0.717, 1.165) is 11.1 Å². The minimum absolute atomic E-state index is 0.147. The van der Waals surface area contributed by atoms with Gasteiger partial charge >= 0.3 is 11.6 Å². The van der Waals surface area contributed by atoms with Crippen molar-refractivity contribution >= 4 is 8.32 Å². The lowest BCUT2D eigenvalue weighted by molar-refractivity contribution is -0.770. The van der Waals surface area contributed by atoms with Crippen LogP contribution in [0.15, 0.2) is 11.0 Å². The van der Waals surface area contributed by atoms with Gasteiger partial charge < -0.3 is 13.9 Å². The van der Waals surface area contributed by atoms with Gasteiger partial charge in [-0.05, 0) is 31.0 Å². The van der Waals surface area contributed by atoms with E-state index in [0.29, 0.717) is 24.1 Å². The Balaban J connectivity index is 1.75. The Bertz CT molecular complexity index is 760. The monoisotopic (exact) mass is 382 g/mol. The third-order valence-corrected chi connectivity index (χ3v) is 11.2. The van der Waals surface area contributed by atoms with Crippen molar-refractivity contribution in [2.45, 2.75) is 77.6 Å². The SMILES string of the molecule is Cc1c[n+]2c(n(N)c1=O)O[C@@H]1C[C@H]2O[C@@H]1CO[Si](C)(C)C(C)(C)C(C)C. The lowest BCUT2D eigenvalue weighted by Crippen LogP contribution is -2.52. The number of nitrogens with two attached hydrogens (primary N) is 1. The molecule has 0 spiro atoms. The largest absolute Gasteiger partial charge is 0.485 e. The molecule has 2 aliphatic rings. The zero-order valence-electron chi connectivity index (χ0n) is 16.9. The molecule has 0 saturated carbocycles. The highest BCUT2D eigenvalue weighted by Gasteiger charge is 2.50. The number of nitrogens with zero attached hydrogens (tertiary/aromatic N) is 2. The molecule has 0 unspecified atom stereocenters. The number of hydrogen-bond donors (Lipinski definition) is 1. The Kier molecular flexibility index (Phi) is 4.73. The normalized spacial score (nSPS) is 25.3. The Morgan fingerprint density at radius 1 is 1.46 bits per heavy atom. The third kappa shape index (κ3) is 2.97. The first-order valence-corrected chi connectivity index (χ1v) is 12.3. The van der Waals surface area contributed by atoms with Crippen molar-refractivity contribution in [1.82, 2.24) is 4.68 Å². The van der Waals surface area contributed by atoms with Crippen LogP contribution in [0.3, 0.4) is 0 Å². The maximum Gasteiger partial charge on any atom is 0.485 e. The summed E-state index contributed by atoms with van der Waals surface area (Å²) in [7, 11) is -1.94. The van der Waals surface area contributed by atoms with Gasteiger partial charge in [0.1, 0.15) is 18.4 Å². The molecule has 1 aromatic heterocycles. The summed E-state index contributed by atoms with van der Waals surface area (Å²) in [6, 6.07) is 0.350. The van der Waals surface area contributed by atoms with Gasteiger partial charge in [-0.1, -0.05) is 32.4 Å². The van der Waals surface area contributed by atoms with Gasteiger partial charge in [0.2, 0.25) is 6.23 Å². The Hall–Kier alpha value is -1.38. The predicted octanol–water partition coefficient (Wildman–Crippen LogP) is 1.86. The van der Waals surface area contributed by atoms with Gasteiger partial charge in [-0.15, -0.1) is 0 Å². The minimum Gasteiger partial charge on any atom is -0.423 e. The smallest absolute Gasteiger partial charge is 0.423 e. The molecule has 26 heavy (non-hydrogen) atoms. The van der Waals surface area contributed by atoms with Gasteiger partial charge in [-0.3, -0.25) is 5.84 Å². The van der Waals surface area contributed by atoms with Gasteiger partial charge in [-0.25, -0.2) is 4.79 Å². The number of ether oxygens (including phenoxy) is 2. The summed E-state index contributed by atoms with van der Waals surface area (Å²) in [5, 5.41) is 0.147. The molecule has 1 saturated heterocycles. The molecule has 1 fully saturated rings. The number of aryl methyl sites for hydroxylation is 1. The second-order valence-electron chi connectivity index (χ2n) is 8.90. The summed E-state index contributed by atoms with van der Waals surface area (Å²) in [5.41, 5.74) is 0.311. The summed E-state index contributed by atoms with van der Waals surface area (Å²) < 4.78 is 21.5. The average Bonchev–Trinajstić information content (AvgIpc) is 2.89. The molecule has 0 amide bonds. The van der Waals surface area contributed by atoms with E-state index in [2.05, 4.69) is 40.8 Å². The van der Waals surface area contributed by atoms with Crippen LogP contribution in [0.4, 0.5) is 0 Å². The molecule has 0 aliphatic carbocycles. The number of nitrogen functional groups attached to an aromatic ring is 1. The maximum absolute atomic E-state index is 12.1. The first-order chi connectivity index (χ1) is 12.0. The number of rotatable bonds is 5. The first kappa shape index (κ1) is 19.4. The Morgan fingerprint density at radius 2 is 2.12 bits per heavy atom. The molecule has 8 heteroatoms. The van der Waals surface area contributed by atoms with Crippen LogP contribution in [0.1, 0.15) is 45.9 Å². The average molecular weight is 383 g/mol. The molecule has 2 N–H and O–H groups in total. The van der Waals surface area contributed by atoms with Crippen LogP contribution in [-0.2, 0) is 9.16 Å². The predicted molar refractivity (Wildman–Crippen MR) is 101 cm³/mol. The van der Waals surface area contributed by atoms with Crippen molar-refractivity contribution < 1.29 is 18.5 Å². The summed E-state index contributed by atoms with van der Waals surface area (Å²) >= 11 is 0. The number of aromatic nitrogens is 2. The van der Waals surface area contributed by atoms with E-state index in [1.54, 1.807) is 13.1 Å². The molecule has 2 aliphatic heterocycles. The number of hydrogen-bond acceptors (Lipinski definition) is 5. The molecule has 3 heterocycles. The summed E-state index contributed by atoms with van der Waals surface area (Å²) in [4.78, 5) is 12.1. The van der Waals surface area contributed by atoms with Crippen molar-refractivity contribution in [3.8, 4) is 6.01 Å². The van der Waals surface area contributed by atoms with E-state index in [-0.39, 0.29) is 29.0 Å². The second kappa shape index (κ2) is 6.35. The van der Waals surface area contributed by atoms with Crippen LogP contribution in [-0.4, -0.2) is 31.8 Å². The first-order valence-electron chi connectivity index (χ1n) is 9.34. The molecule has 1 aromatic rings. The zero-order chi connectivity index (χ0) is 19.4. The van der Waals surface area contributed by atoms with Gasteiger partial charge in [-0.2, -0.15) is 4.57 Å². The highest BCUT2D eigenvalue weighted by atomic mass is 28.4. The van der Waals surface area contributed by atoms with Gasteiger partial charge in [0, 0.05) is 0 Å². The van der Waals surface area contributed by atoms with Crippen LogP contribution in [0.5, 0.6) is 6.01 Å². The van der Waals surface area contributed by atoms with Gasteiger partial charge in [0.25, 0.3) is 0 Å². The molecule has 3 rings (SSSR count). The lowest BCUT2D eigenvalue weighted by atomic mass is 9.99. The molecule has 0 radical (unpaired) electrons. The van der Waals surface area contributed by atoms with Crippen LogP contribution in [0.25, 0.3) is 0 Å². The van der Waals surface area contributed by atoms with Crippen molar-refractivity contribution in [3.63, 3.8) is 0 Å². The molecule has 146 valence electrons. The fourth-order valence-electron chi connectivity index (χ4n) is 3.50. The van der Waals surface area contributed by atoms with Crippen LogP contribution in [0, 0.1) is 12.8 Å². The van der Waals surface area contributed by atoms with E-state index in [1.165, 1.54) is 0 Å². The highest BCUT2D eigenvalue weighted by Crippen LogP contribution is 2.45. The van der Waals surface area contributed by atoms with Gasteiger partial charge in [0.05, 0.1) is 18.6 Å². The molecular formula is C18H32N3O4Si+. The van der Waals surface area contributed by atoms with Crippen LogP contribution < -0.4 is 20.7 Å². The second-order valence-corrected chi connectivity index (χ2v) is 13.5. The van der Waals surface area contributed by atoms with E-state index >= 15 is 0 Å². The molecule has 7 nitrogen and oxygen atoms in total. The maximum atomic E-state index is 12.1. The van der Waals surface area contributed by atoms with Crippen molar-refractivity contribution in [1.29, 1.82) is 0 Å². The van der Waals surface area contributed by atoms with E-state index in [4.69, 9.17) is 19.7 Å².